The second kappa shape index (κ2) is 10.7. The topological polar surface area (TPSA) is 35.6 Å². The van der Waals surface area contributed by atoms with E-state index in [9.17, 15) is 4.79 Å². The van der Waals surface area contributed by atoms with Gasteiger partial charge in [0.2, 0.25) is 5.91 Å². The molecule has 4 nitrogen and oxygen atoms in total. The number of nitrogens with one attached hydrogen (secondary N) is 1. The second-order valence-corrected chi connectivity index (χ2v) is 7.07. The van der Waals surface area contributed by atoms with E-state index in [-0.39, 0.29) is 36.6 Å². The number of piperazine rings is 1. The van der Waals surface area contributed by atoms with Gasteiger partial charge in [-0.25, -0.2) is 0 Å². The Hall–Kier alpha value is -0.0400. The van der Waals surface area contributed by atoms with Crippen LogP contribution < -0.4 is 5.32 Å². The van der Waals surface area contributed by atoms with Crippen molar-refractivity contribution >= 4 is 53.7 Å². The largest absolute Gasteiger partial charge is 0.340 e. The molecule has 1 saturated heterocycles. The predicted octanol–water partition coefficient (Wildman–Crippen LogP) is 2.74. The van der Waals surface area contributed by atoms with E-state index in [1.165, 1.54) is 4.88 Å². The summed E-state index contributed by atoms with van der Waals surface area (Å²) in [5.41, 5.74) is 0. The highest BCUT2D eigenvalue weighted by Crippen LogP contribution is 2.23. The number of carbonyl (C=O) groups excluding carboxylic acids is 1. The fourth-order valence-electron chi connectivity index (χ4n) is 2.49. The standard InChI is InChI=1S/C14H22ClN3OS.2ClH/c1-11(9-16-2)14(19)18-7-5-17(6-8-18)10-12-3-4-13(15)20-12;;/h3-4,11,16H,5-10H2,1-2H3;2*1H. The van der Waals surface area contributed by atoms with E-state index in [0.717, 1.165) is 43.6 Å². The van der Waals surface area contributed by atoms with Gasteiger partial charge in [0.1, 0.15) is 0 Å². The number of carbonyl (C=O) groups is 1. The molecule has 1 aromatic rings. The Morgan fingerprint density at radius 2 is 1.95 bits per heavy atom. The third kappa shape index (κ3) is 6.22. The lowest BCUT2D eigenvalue weighted by molar-refractivity contribution is -0.136. The summed E-state index contributed by atoms with van der Waals surface area (Å²) in [4.78, 5) is 17.9. The van der Waals surface area contributed by atoms with Crippen molar-refractivity contribution in [2.75, 3.05) is 39.8 Å². The first-order valence-corrected chi connectivity index (χ1v) is 8.19. The van der Waals surface area contributed by atoms with E-state index >= 15 is 0 Å². The van der Waals surface area contributed by atoms with Crippen LogP contribution in [-0.2, 0) is 11.3 Å². The Labute approximate surface area is 154 Å². The Morgan fingerprint density at radius 3 is 2.45 bits per heavy atom. The van der Waals surface area contributed by atoms with Crippen molar-refractivity contribution in [3.63, 3.8) is 0 Å². The molecule has 0 aliphatic carbocycles. The van der Waals surface area contributed by atoms with Crippen molar-refractivity contribution in [2.24, 2.45) is 5.92 Å². The van der Waals surface area contributed by atoms with Gasteiger partial charge in [0, 0.05) is 50.1 Å². The fourth-order valence-corrected chi connectivity index (χ4v) is 3.62. The van der Waals surface area contributed by atoms with Gasteiger partial charge in [-0.3, -0.25) is 9.69 Å². The quantitative estimate of drug-likeness (QED) is 0.842. The summed E-state index contributed by atoms with van der Waals surface area (Å²) in [6.07, 6.45) is 0. The van der Waals surface area contributed by atoms with Crippen LogP contribution in [0.15, 0.2) is 12.1 Å². The highest BCUT2D eigenvalue weighted by molar-refractivity contribution is 7.16. The molecule has 22 heavy (non-hydrogen) atoms. The second-order valence-electron chi connectivity index (χ2n) is 5.27. The molecule has 1 aliphatic rings. The Morgan fingerprint density at radius 1 is 1.32 bits per heavy atom. The van der Waals surface area contributed by atoms with Gasteiger partial charge in [-0.15, -0.1) is 36.2 Å². The lowest BCUT2D eigenvalue weighted by atomic mass is 10.1. The minimum absolute atomic E-state index is 0. The number of hydrogen-bond donors (Lipinski definition) is 1. The van der Waals surface area contributed by atoms with Crippen molar-refractivity contribution < 1.29 is 4.79 Å². The van der Waals surface area contributed by atoms with Crippen LogP contribution in [0.25, 0.3) is 0 Å². The maximum atomic E-state index is 12.2. The van der Waals surface area contributed by atoms with Crippen LogP contribution in [0.5, 0.6) is 0 Å². The first-order chi connectivity index (χ1) is 9.60. The van der Waals surface area contributed by atoms with Gasteiger partial charge in [0.25, 0.3) is 0 Å². The average molecular weight is 389 g/mol. The van der Waals surface area contributed by atoms with Crippen molar-refractivity contribution in [3.8, 4) is 0 Å². The maximum absolute atomic E-state index is 12.2. The van der Waals surface area contributed by atoms with Crippen molar-refractivity contribution in [3.05, 3.63) is 21.3 Å². The van der Waals surface area contributed by atoms with E-state index in [2.05, 4.69) is 16.3 Å². The van der Waals surface area contributed by atoms with Gasteiger partial charge in [-0.05, 0) is 19.2 Å². The van der Waals surface area contributed by atoms with E-state index in [1.807, 2.05) is 24.9 Å². The zero-order valence-electron chi connectivity index (χ0n) is 12.9. The number of hydrogen-bond acceptors (Lipinski definition) is 4. The molecule has 1 unspecified atom stereocenters. The third-order valence-electron chi connectivity index (χ3n) is 3.62. The maximum Gasteiger partial charge on any atom is 0.226 e. The van der Waals surface area contributed by atoms with Crippen LogP contribution in [0.1, 0.15) is 11.8 Å². The number of amides is 1. The van der Waals surface area contributed by atoms with Crippen LogP contribution in [0.3, 0.4) is 0 Å². The molecule has 2 heterocycles. The SMILES string of the molecule is CNCC(C)C(=O)N1CCN(Cc2ccc(Cl)s2)CC1.Cl.Cl. The van der Waals surface area contributed by atoms with Gasteiger partial charge in [-0.2, -0.15) is 0 Å². The summed E-state index contributed by atoms with van der Waals surface area (Å²) in [5, 5.41) is 3.06. The van der Waals surface area contributed by atoms with Gasteiger partial charge in [-0.1, -0.05) is 18.5 Å². The molecule has 1 atom stereocenters. The molecule has 0 aromatic carbocycles. The van der Waals surface area contributed by atoms with Gasteiger partial charge in [0.05, 0.1) is 4.34 Å². The first kappa shape index (κ1) is 22.0. The summed E-state index contributed by atoms with van der Waals surface area (Å²) in [6, 6.07) is 4.03. The molecule has 1 fully saturated rings. The van der Waals surface area contributed by atoms with E-state index in [1.54, 1.807) is 11.3 Å². The molecule has 0 bridgehead atoms. The number of thiophene rings is 1. The summed E-state index contributed by atoms with van der Waals surface area (Å²) >= 11 is 7.58. The van der Waals surface area contributed by atoms with Crippen molar-refractivity contribution in [1.82, 2.24) is 15.1 Å². The summed E-state index contributed by atoms with van der Waals surface area (Å²) in [5.74, 6) is 0.320. The zero-order chi connectivity index (χ0) is 14.5. The van der Waals surface area contributed by atoms with Crippen LogP contribution in [-0.4, -0.2) is 55.5 Å². The van der Waals surface area contributed by atoms with Gasteiger partial charge in [0.15, 0.2) is 0 Å². The monoisotopic (exact) mass is 387 g/mol. The minimum Gasteiger partial charge on any atom is -0.340 e. The smallest absolute Gasteiger partial charge is 0.226 e. The molecule has 0 saturated carbocycles. The fraction of sp³-hybridized carbons (Fsp3) is 0.643. The first-order valence-electron chi connectivity index (χ1n) is 7.00. The molecule has 0 radical (unpaired) electrons. The van der Waals surface area contributed by atoms with Crippen molar-refractivity contribution in [1.29, 1.82) is 0 Å². The van der Waals surface area contributed by atoms with E-state index in [0.29, 0.717) is 0 Å². The average Bonchev–Trinajstić information content (AvgIpc) is 2.84. The Balaban J connectivity index is 0.00000220. The molecular formula is C14H24Cl3N3OS. The lowest BCUT2D eigenvalue weighted by Crippen LogP contribution is -2.50. The van der Waals surface area contributed by atoms with Crippen LogP contribution in [0.2, 0.25) is 4.34 Å². The van der Waals surface area contributed by atoms with Gasteiger partial charge < -0.3 is 10.2 Å². The van der Waals surface area contributed by atoms with Gasteiger partial charge >= 0.3 is 0 Å². The zero-order valence-corrected chi connectivity index (χ0v) is 16.1. The Kier molecular flexibility index (Phi) is 10.7. The summed E-state index contributed by atoms with van der Waals surface area (Å²) < 4.78 is 0.842. The number of rotatable bonds is 5. The third-order valence-corrected chi connectivity index (χ3v) is 4.84. The molecule has 8 heteroatoms. The summed E-state index contributed by atoms with van der Waals surface area (Å²) in [6.45, 7) is 7.19. The number of halogens is 3. The van der Waals surface area contributed by atoms with E-state index in [4.69, 9.17) is 11.6 Å². The molecule has 1 aromatic heterocycles. The molecule has 1 N–H and O–H groups in total. The molecule has 0 spiro atoms. The molecule has 2 rings (SSSR count). The molecule has 128 valence electrons. The number of nitrogens with zero attached hydrogens (tertiary/aromatic N) is 2. The highest BCUT2D eigenvalue weighted by Gasteiger charge is 2.24. The molecule has 1 aliphatic heterocycles. The van der Waals surface area contributed by atoms with Crippen LogP contribution >= 0.6 is 47.8 Å². The Bertz CT molecular complexity index is 450. The predicted molar refractivity (Wildman–Crippen MR) is 98.8 cm³/mol. The molecule has 1 amide bonds. The van der Waals surface area contributed by atoms with E-state index < -0.39 is 0 Å². The highest BCUT2D eigenvalue weighted by atomic mass is 35.5. The van der Waals surface area contributed by atoms with Crippen LogP contribution in [0, 0.1) is 5.92 Å². The van der Waals surface area contributed by atoms with Crippen LogP contribution in [0.4, 0.5) is 0 Å². The molecular weight excluding hydrogens is 365 g/mol. The summed E-state index contributed by atoms with van der Waals surface area (Å²) in [7, 11) is 1.88. The van der Waals surface area contributed by atoms with Crippen molar-refractivity contribution in [2.45, 2.75) is 13.5 Å². The minimum atomic E-state index is 0. The lowest BCUT2D eigenvalue weighted by Gasteiger charge is -2.35. The normalized spacial score (nSPS) is 16.6.